The lowest BCUT2D eigenvalue weighted by Gasteiger charge is -2.34. The summed E-state index contributed by atoms with van der Waals surface area (Å²) in [5.74, 6) is 0. The maximum Gasteiger partial charge on any atom is 0.243 e. The molecule has 100 valence electrons. The Hall–Kier alpha value is -0.910. The summed E-state index contributed by atoms with van der Waals surface area (Å²) in [4.78, 5) is 0.330. The predicted molar refractivity (Wildman–Crippen MR) is 69.8 cm³/mol. The minimum Gasteiger partial charge on any atom is -0.393 e. The van der Waals surface area contributed by atoms with Gasteiger partial charge in [0, 0.05) is 12.6 Å². The van der Waals surface area contributed by atoms with Gasteiger partial charge in [-0.2, -0.15) is 4.31 Å². The van der Waals surface area contributed by atoms with E-state index >= 15 is 0 Å². The molecule has 0 bridgehead atoms. The highest BCUT2D eigenvalue weighted by molar-refractivity contribution is 7.89. The van der Waals surface area contributed by atoms with E-state index in [9.17, 15) is 13.5 Å². The van der Waals surface area contributed by atoms with Gasteiger partial charge in [0.1, 0.15) is 0 Å². The van der Waals surface area contributed by atoms with Gasteiger partial charge < -0.3 is 5.11 Å². The Labute approximate surface area is 108 Å². The fourth-order valence-electron chi connectivity index (χ4n) is 2.33. The zero-order valence-electron chi connectivity index (χ0n) is 10.7. The standard InChI is InChI=1S/C13H19NO3S/c1-10-3-5-13(6-4-10)18(16,17)14-8-7-12(15)9-11(14)2/h3-6,11-12,15H,7-9H2,1-2H3/t11-,12+/m0/s1. The molecular formula is C13H19NO3S. The van der Waals surface area contributed by atoms with Crippen molar-refractivity contribution in [3.05, 3.63) is 29.8 Å². The Bertz CT molecular complexity index is 510. The van der Waals surface area contributed by atoms with Crippen LogP contribution in [0.5, 0.6) is 0 Å². The number of hydrogen-bond acceptors (Lipinski definition) is 3. The summed E-state index contributed by atoms with van der Waals surface area (Å²) in [6.07, 6.45) is 0.630. The van der Waals surface area contributed by atoms with E-state index in [1.165, 1.54) is 4.31 Å². The Morgan fingerprint density at radius 1 is 1.28 bits per heavy atom. The summed E-state index contributed by atoms with van der Waals surface area (Å²) in [6.45, 7) is 4.16. The summed E-state index contributed by atoms with van der Waals surface area (Å²) in [6, 6.07) is 6.73. The van der Waals surface area contributed by atoms with Crippen LogP contribution in [0.25, 0.3) is 0 Å². The quantitative estimate of drug-likeness (QED) is 0.886. The van der Waals surface area contributed by atoms with E-state index in [2.05, 4.69) is 0 Å². The molecule has 1 saturated heterocycles. The highest BCUT2D eigenvalue weighted by atomic mass is 32.2. The number of rotatable bonds is 2. The smallest absolute Gasteiger partial charge is 0.243 e. The molecule has 1 fully saturated rings. The maximum atomic E-state index is 12.5. The normalized spacial score (nSPS) is 26.2. The number of sulfonamides is 1. The number of hydrogen-bond donors (Lipinski definition) is 1. The highest BCUT2D eigenvalue weighted by Crippen LogP contribution is 2.25. The number of aliphatic hydroxyl groups excluding tert-OH is 1. The molecule has 1 aliphatic rings. The Morgan fingerprint density at radius 3 is 2.44 bits per heavy atom. The first-order valence-corrected chi connectivity index (χ1v) is 7.62. The maximum absolute atomic E-state index is 12.5. The third-order valence-electron chi connectivity index (χ3n) is 3.42. The first-order valence-electron chi connectivity index (χ1n) is 6.18. The van der Waals surface area contributed by atoms with Crippen molar-refractivity contribution in [1.29, 1.82) is 0 Å². The number of aryl methyl sites for hydroxylation is 1. The molecule has 0 spiro atoms. The van der Waals surface area contributed by atoms with E-state index in [-0.39, 0.29) is 12.1 Å². The van der Waals surface area contributed by atoms with Crippen molar-refractivity contribution < 1.29 is 13.5 Å². The van der Waals surface area contributed by atoms with Crippen LogP contribution in [0, 0.1) is 6.92 Å². The molecule has 0 saturated carbocycles. The molecule has 0 radical (unpaired) electrons. The van der Waals surface area contributed by atoms with Gasteiger partial charge in [0.2, 0.25) is 10.0 Å². The zero-order chi connectivity index (χ0) is 13.3. The van der Waals surface area contributed by atoms with Gasteiger partial charge >= 0.3 is 0 Å². The summed E-state index contributed by atoms with van der Waals surface area (Å²) in [5, 5.41) is 9.55. The molecule has 2 rings (SSSR count). The average Bonchev–Trinajstić information content (AvgIpc) is 2.29. The van der Waals surface area contributed by atoms with Gasteiger partial charge in [0.25, 0.3) is 0 Å². The van der Waals surface area contributed by atoms with Crippen LogP contribution in [0.2, 0.25) is 0 Å². The van der Waals surface area contributed by atoms with Crippen LogP contribution in [0.15, 0.2) is 29.2 Å². The SMILES string of the molecule is Cc1ccc(S(=O)(=O)N2CC[C@@H](O)C[C@@H]2C)cc1. The largest absolute Gasteiger partial charge is 0.393 e. The van der Waals surface area contributed by atoms with E-state index < -0.39 is 10.0 Å². The molecule has 1 heterocycles. The highest BCUT2D eigenvalue weighted by Gasteiger charge is 2.33. The van der Waals surface area contributed by atoms with E-state index in [1.807, 2.05) is 13.8 Å². The first kappa shape index (κ1) is 13.5. The van der Waals surface area contributed by atoms with Crippen molar-refractivity contribution in [2.24, 2.45) is 0 Å². The second kappa shape index (κ2) is 4.99. The van der Waals surface area contributed by atoms with E-state index in [0.29, 0.717) is 24.3 Å². The first-order chi connectivity index (χ1) is 8.41. The summed E-state index contributed by atoms with van der Waals surface area (Å²) < 4.78 is 26.4. The Kier molecular flexibility index (Phi) is 3.75. The number of nitrogens with zero attached hydrogens (tertiary/aromatic N) is 1. The molecule has 1 aliphatic heterocycles. The van der Waals surface area contributed by atoms with Crippen molar-refractivity contribution >= 4 is 10.0 Å². The van der Waals surface area contributed by atoms with Gasteiger partial charge in [-0.15, -0.1) is 0 Å². The monoisotopic (exact) mass is 269 g/mol. The van der Waals surface area contributed by atoms with E-state index in [0.717, 1.165) is 5.56 Å². The lowest BCUT2D eigenvalue weighted by molar-refractivity contribution is 0.0867. The van der Waals surface area contributed by atoms with Crippen LogP contribution in [0.3, 0.4) is 0 Å². The Morgan fingerprint density at radius 2 is 1.89 bits per heavy atom. The minimum absolute atomic E-state index is 0.153. The second-order valence-corrected chi connectivity index (χ2v) is 6.85. The fourth-order valence-corrected chi connectivity index (χ4v) is 3.98. The molecule has 2 atom stereocenters. The van der Waals surface area contributed by atoms with Crippen molar-refractivity contribution in [3.63, 3.8) is 0 Å². The van der Waals surface area contributed by atoms with Gasteiger partial charge in [0.05, 0.1) is 11.0 Å². The van der Waals surface area contributed by atoms with Gasteiger partial charge in [-0.1, -0.05) is 17.7 Å². The third kappa shape index (κ3) is 2.58. The molecular weight excluding hydrogens is 250 g/mol. The molecule has 1 aromatic carbocycles. The fraction of sp³-hybridized carbons (Fsp3) is 0.538. The lowest BCUT2D eigenvalue weighted by atomic mass is 10.0. The molecule has 0 aromatic heterocycles. The van der Waals surface area contributed by atoms with E-state index in [4.69, 9.17) is 0 Å². The topological polar surface area (TPSA) is 57.6 Å². The number of benzene rings is 1. The molecule has 5 heteroatoms. The van der Waals surface area contributed by atoms with Crippen LogP contribution >= 0.6 is 0 Å². The van der Waals surface area contributed by atoms with Crippen LogP contribution in [0.4, 0.5) is 0 Å². The van der Waals surface area contributed by atoms with Gasteiger partial charge in [0.15, 0.2) is 0 Å². The van der Waals surface area contributed by atoms with Gasteiger partial charge in [-0.05, 0) is 38.8 Å². The number of piperidine rings is 1. The molecule has 0 unspecified atom stereocenters. The molecule has 18 heavy (non-hydrogen) atoms. The molecule has 1 aromatic rings. The summed E-state index contributed by atoms with van der Waals surface area (Å²) in [5.41, 5.74) is 1.04. The summed E-state index contributed by atoms with van der Waals surface area (Å²) in [7, 11) is -3.43. The molecule has 0 amide bonds. The van der Waals surface area contributed by atoms with Crippen LogP contribution in [-0.4, -0.2) is 36.5 Å². The molecule has 4 nitrogen and oxygen atoms in total. The van der Waals surface area contributed by atoms with E-state index in [1.54, 1.807) is 24.3 Å². The summed E-state index contributed by atoms with van der Waals surface area (Å²) >= 11 is 0. The second-order valence-electron chi connectivity index (χ2n) is 4.96. The van der Waals surface area contributed by atoms with Crippen molar-refractivity contribution in [3.8, 4) is 0 Å². The molecule has 1 N–H and O–H groups in total. The lowest BCUT2D eigenvalue weighted by Crippen LogP contribution is -2.45. The Balaban J connectivity index is 2.28. The zero-order valence-corrected chi connectivity index (χ0v) is 11.5. The van der Waals surface area contributed by atoms with Gasteiger partial charge in [-0.3, -0.25) is 0 Å². The predicted octanol–water partition coefficient (Wildman–Crippen LogP) is 1.53. The minimum atomic E-state index is -3.43. The van der Waals surface area contributed by atoms with Crippen molar-refractivity contribution in [2.45, 2.75) is 43.7 Å². The third-order valence-corrected chi connectivity index (χ3v) is 5.44. The van der Waals surface area contributed by atoms with Crippen LogP contribution in [-0.2, 0) is 10.0 Å². The van der Waals surface area contributed by atoms with Crippen molar-refractivity contribution in [1.82, 2.24) is 4.31 Å². The molecule has 0 aliphatic carbocycles. The average molecular weight is 269 g/mol. The van der Waals surface area contributed by atoms with Crippen LogP contribution in [0.1, 0.15) is 25.3 Å². The van der Waals surface area contributed by atoms with Crippen molar-refractivity contribution in [2.75, 3.05) is 6.54 Å². The van der Waals surface area contributed by atoms with Gasteiger partial charge in [-0.25, -0.2) is 8.42 Å². The number of aliphatic hydroxyl groups is 1. The van der Waals surface area contributed by atoms with Crippen LogP contribution < -0.4 is 0 Å².